The summed E-state index contributed by atoms with van der Waals surface area (Å²) in [5, 5.41) is 13.6. The highest BCUT2D eigenvalue weighted by Crippen LogP contribution is 2.40. The minimum atomic E-state index is -0.164. The third-order valence-corrected chi connectivity index (χ3v) is 7.42. The van der Waals surface area contributed by atoms with Gasteiger partial charge in [-0.25, -0.2) is 0 Å². The van der Waals surface area contributed by atoms with Gasteiger partial charge in [0.15, 0.2) is 6.19 Å². The number of fused-ring (bicyclic) bond motifs is 2. The number of nitrogens with zero attached hydrogens (tertiary/aromatic N) is 4. The molecule has 3 heterocycles. The van der Waals surface area contributed by atoms with Crippen molar-refractivity contribution >= 4 is 29.3 Å². The molecule has 23 heavy (non-hydrogen) atoms. The number of nitrogens with one attached hydrogen (secondary N) is 1. The zero-order valence-electron chi connectivity index (χ0n) is 13.0. The van der Waals surface area contributed by atoms with Gasteiger partial charge >= 0.3 is 0 Å². The Morgan fingerprint density at radius 2 is 2.09 bits per heavy atom. The zero-order chi connectivity index (χ0) is 16.0. The van der Waals surface area contributed by atoms with E-state index in [1.54, 1.807) is 4.90 Å². The van der Waals surface area contributed by atoms with Crippen molar-refractivity contribution in [3.63, 3.8) is 0 Å². The van der Waals surface area contributed by atoms with E-state index in [0.717, 1.165) is 45.4 Å². The van der Waals surface area contributed by atoms with Crippen molar-refractivity contribution < 1.29 is 4.79 Å². The SMILES string of the molecule is N#CN1CCN2CCN(C3NC4CCC(Cl)CC4S3)C(=O)[C@H]2C1. The molecule has 1 N–H and O–H groups in total. The van der Waals surface area contributed by atoms with Gasteiger partial charge in [-0.2, -0.15) is 5.26 Å². The second kappa shape index (κ2) is 6.32. The van der Waals surface area contributed by atoms with Crippen LogP contribution in [0, 0.1) is 11.5 Å². The first-order valence-electron chi connectivity index (χ1n) is 8.40. The van der Waals surface area contributed by atoms with E-state index in [4.69, 9.17) is 16.9 Å². The van der Waals surface area contributed by atoms with E-state index < -0.39 is 0 Å². The van der Waals surface area contributed by atoms with Crippen molar-refractivity contribution in [2.75, 3.05) is 32.7 Å². The molecule has 3 aliphatic heterocycles. The number of hydrogen-bond donors (Lipinski definition) is 1. The van der Waals surface area contributed by atoms with Crippen LogP contribution in [0.5, 0.6) is 0 Å². The molecule has 1 amide bonds. The highest BCUT2D eigenvalue weighted by Gasteiger charge is 2.46. The smallest absolute Gasteiger partial charge is 0.243 e. The second-order valence-electron chi connectivity index (χ2n) is 6.84. The van der Waals surface area contributed by atoms with Gasteiger partial charge in [-0.15, -0.1) is 23.4 Å². The number of rotatable bonds is 1. The van der Waals surface area contributed by atoms with Crippen LogP contribution in [0.2, 0.25) is 0 Å². The van der Waals surface area contributed by atoms with Gasteiger partial charge in [-0.05, 0) is 19.3 Å². The van der Waals surface area contributed by atoms with E-state index in [9.17, 15) is 4.79 Å². The molecular weight excluding hydrogens is 334 g/mol. The Balaban J connectivity index is 1.44. The Morgan fingerprint density at radius 3 is 2.91 bits per heavy atom. The summed E-state index contributed by atoms with van der Waals surface area (Å²) in [6.07, 6.45) is 5.38. The van der Waals surface area contributed by atoms with Crippen LogP contribution in [0.25, 0.3) is 0 Å². The van der Waals surface area contributed by atoms with E-state index in [1.165, 1.54) is 0 Å². The first-order valence-corrected chi connectivity index (χ1v) is 9.78. The molecule has 8 heteroatoms. The third kappa shape index (κ3) is 2.91. The number of halogens is 1. The molecular formula is C15H22ClN5OS. The summed E-state index contributed by atoms with van der Waals surface area (Å²) in [4.78, 5) is 18.9. The minimum absolute atomic E-state index is 0.0686. The average Bonchev–Trinajstić information content (AvgIpc) is 2.97. The van der Waals surface area contributed by atoms with Crippen molar-refractivity contribution in [1.29, 1.82) is 5.26 Å². The van der Waals surface area contributed by atoms with Crippen molar-refractivity contribution in [3.8, 4) is 6.19 Å². The molecule has 0 aromatic heterocycles. The fraction of sp³-hybridized carbons (Fsp3) is 0.867. The predicted molar refractivity (Wildman–Crippen MR) is 89.8 cm³/mol. The molecule has 0 aromatic rings. The Hall–Kier alpha value is -0.680. The summed E-state index contributed by atoms with van der Waals surface area (Å²) >= 11 is 8.17. The van der Waals surface area contributed by atoms with E-state index in [-0.39, 0.29) is 22.8 Å². The Bertz CT molecular complexity index is 528. The predicted octanol–water partition coefficient (Wildman–Crippen LogP) is 0.444. The topological polar surface area (TPSA) is 62.6 Å². The lowest BCUT2D eigenvalue weighted by Gasteiger charge is -2.46. The van der Waals surface area contributed by atoms with Crippen molar-refractivity contribution in [2.45, 2.75) is 47.5 Å². The van der Waals surface area contributed by atoms with Crippen LogP contribution < -0.4 is 5.32 Å². The maximum Gasteiger partial charge on any atom is 0.243 e. The third-order valence-electron chi connectivity index (χ3n) is 5.50. The van der Waals surface area contributed by atoms with E-state index in [2.05, 4.69) is 16.4 Å². The van der Waals surface area contributed by atoms with Crippen LogP contribution >= 0.6 is 23.4 Å². The van der Waals surface area contributed by atoms with Gasteiger partial charge in [0, 0.05) is 42.8 Å². The average molecular weight is 356 g/mol. The van der Waals surface area contributed by atoms with Gasteiger partial charge in [0.25, 0.3) is 0 Å². The number of piperazine rings is 2. The zero-order valence-corrected chi connectivity index (χ0v) is 14.6. The number of carbonyl (C=O) groups is 1. The number of amides is 1. The number of thioether (sulfide) groups is 1. The summed E-state index contributed by atoms with van der Waals surface area (Å²) in [5.74, 6) is 0.169. The molecule has 0 radical (unpaired) electrons. The second-order valence-corrected chi connectivity index (χ2v) is 8.78. The first kappa shape index (κ1) is 15.8. The maximum atomic E-state index is 12.9. The van der Waals surface area contributed by atoms with Crippen LogP contribution in [0.4, 0.5) is 0 Å². The quantitative estimate of drug-likeness (QED) is 0.544. The van der Waals surface area contributed by atoms with Gasteiger partial charge in [0.05, 0.1) is 6.54 Å². The fourth-order valence-corrected chi connectivity index (χ4v) is 6.27. The molecule has 1 aliphatic carbocycles. The van der Waals surface area contributed by atoms with Crippen molar-refractivity contribution in [2.24, 2.45) is 0 Å². The van der Waals surface area contributed by atoms with Gasteiger partial charge < -0.3 is 9.80 Å². The minimum Gasteiger partial charge on any atom is -0.315 e. The van der Waals surface area contributed by atoms with Gasteiger partial charge in [0.1, 0.15) is 11.5 Å². The molecule has 0 bridgehead atoms. The molecule has 4 fully saturated rings. The summed E-state index contributed by atoms with van der Waals surface area (Å²) in [6, 6.07) is 0.316. The Labute approximate surface area is 146 Å². The molecule has 4 unspecified atom stereocenters. The molecule has 126 valence electrons. The standard InChI is InChI=1S/C15H22ClN5OS/c16-10-1-2-11-13(7-10)23-15(18-11)21-6-5-20-4-3-19(9-17)8-12(20)14(21)22/h10-13,15,18H,1-8H2/t10?,11?,12-,13?,15?/m1/s1. The van der Waals surface area contributed by atoms with Crippen LogP contribution in [0.1, 0.15) is 19.3 Å². The number of alkyl halides is 1. The lowest BCUT2D eigenvalue weighted by atomic mass is 9.95. The van der Waals surface area contributed by atoms with E-state index >= 15 is 0 Å². The monoisotopic (exact) mass is 355 g/mol. The molecule has 4 aliphatic rings. The lowest BCUT2D eigenvalue weighted by molar-refractivity contribution is -0.145. The molecule has 5 atom stereocenters. The molecule has 0 aromatic carbocycles. The number of carbonyl (C=O) groups excluding carboxylic acids is 1. The van der Waals surface area contributed by atoms with Crippen LogP contribution in [-0.4, -0.2) is 81.5 Å². The molecule has 4 rings (SSSR count). The normalized spacial score (nSPS) is 41.4. The van der Waals surface area contributed by atoms with E-state index in [1.807, 2.05) is 16.7 Å². The summed E-state index contributed by atoms with van der Waals surface area (Å²) in [6.45, 7) is 3.75. The first-order chi connectivity index (χ1) is 11.2. The van der Waals surface area contributed by atoms with Crippen molar-refractivity contribution in [1.82, 2.24) is 20.0 Å². The highest BCUT2D eigenvalue weighted by molar-refractivity contribution is 8.00. The van der Waals surface area contributed by atoms with Crippen LogP contribution in [-0.2, 0) is 4.79 Å². The summed E-state index contributed by atoms with van der Waals surface area (Å²) in [5.41, 5.74) is 0.0686. The lowest BCUT2D eigenvalue weighted by Crippen LogP contribution is -2.66. The summed E-state index contributed by atoms with van der Waals surface area (Å²) in [7, 11) is 0. The molecule has 0 spiro atoms. The summed E-state index contributed by atoms with van der Waals surface area (Å²) < 4.78 is 0. The Kier molecular flexibility index (Phi) is 4.35. The van der Waals surface area contributed by atoms with Gasteiger partial charge in [0.2, 0.25) is 5.91 Å². The fourth-order valence-electron chi connectivity index (χ4n) is 4.16. The van der Waals surface area contributed by atoms with E-state index in [0.29, 0.717) is 17.8 Å². The molecule has 3 saturated heterocycles. The van der Waals surface area contributed by atoms with Gasteiger partial charge in [-0.3, -0.25) is 15.0 Å². The number of nitriles is 1. The number of hydrogen-bond acceptors (Lipinski definition) is 6. The maximum absolute atomic E-state index is 12.9. The van der Waals surface area contributed by atoms with Crippen LogP contribution in [0.3, 0.4) is 0 Å². The Morgan fingerprint density at radius 1 is 1.26 bits per heavy atom. The molecule has 6 nitrogen and oxygen atoms in total. The van der Waals surface area contributed by atoms with Gasteiger partial charge in [-0.1, -0.05) is 0 Å². The van der Waals surface area contributed by atoms with Crippen LogP contribution in [0.15, 0.2) is 0 Å². The van der Waals surface area contributed by atoms with Crippen molar-refractivity contribution in [3.05, 3.63) is 0 Å². The largest absolute Gasteiger partial charge is 0.315 e. The molecule has 1 saturated carbocycles. The highest BCUT2D eigenvalue weighted by atomic mass is 35.5.